The fourth-order valence-electron chi connectivity index (χ4n) is 1.90. The molecule has 0 saturated carbocycles. The van der Waals surface area contributed by atoms with Gasteiger partial charge in [0.15, 0.2) is 0 Å². The van der Waals surface area contributed by atoms with E-state index in [0.29, 0.717) is 21.7 Å². The van der Waals surface area contributed by atoms with Gasteiger partial charge in [-0.3, -0.25) is 0 Å². The van der Waals surface area contributed by atoms with Gasteiger partial charge in [0.25, 0.3) is 0 Å². The van der Waals surface area contributed by atoms with Crippen LogP contribution >= 0.6 is 35.1 Å². The SMILES string of the molecule is Fc1cc2c(c(-c3cccc(F)c3Cl)c1)N=C(Cl)NS2. The van der Waals surface area contributed by atoms with Gasteiger partial charge in [-0.25, -0.2) is 13.8 Å². The highest BCUT2D eigenvalue weighted by atomic mass is 35.5. The molecule has 20 heavy (non-hydrogen) atoms. The summed E-state index contributed by atoms with van der Waals surface area (Å²) in [5.41, 5.74) is 1.24. The summed E-state index contributed by atoms with van der Waals surface area (Å²) in [5.74, 6) is -1.03. The molecule has 2 nitrogen and oxygen atoms in total. The van der Waals surface area contributed by atoms with Crippen LogP contribution in [-0.4, -0.2) is 5.29 Å². The number of halogens is 4. The van der Waals surface area contributed by atoms with E-state index in [1.54, 1.807) is 6.07 Å². The standard InChI is InChI=1S/C13H6Cl2F2N2S/c14-11-7(2-1-3-9(11)17)8-4-6(16)5-10-12(8)18-13(15)19-20-10/h1-5H,(H,18,19). The molecule has 102 valence electrons. The van der Waals surface area contributed by atoms with Crippen molar-refractivity contribution in [2.24, 2.45) is 4.99 Å². The third kappa shape index (κ3) is 2.37. The summed E-state index contributed by atoms with van der Waals surface area (Å²) in [6.07, 6.45) is 0. The Labute approximate surface area is 127 Å². The van der Waals surface area contributed by atoms with E-state index in [1.165, 1.54) is 24.3 Å². The number of nitrogens with one attached hydrogen (secondary N) is 1. The summed E-state index contributed by atoms with van der Waals surface area (Å²) in [6, 6.07) is 6.95. The molecule has 0 atom stereocenters. The smallest absolute Gasteiger partial charge is 0.206 e. The molecule has 1 heterocycles. The molecule has 1 aliphatic heterocycles. The number of nitrogens with zero attached hydrogens (tertiary/aromatic N) is 1. The zero-order chi connectivity index (χ0) is 14.3. The molecule has 0 aliphatic carbocycles. The summed E-state index contributed by atoms with van der Waals surface area (Å²) in [7, 11) is 0. The molecule has 0 amide bonds. The zero-order valence-corrected chi connectivity index (χ0v) is 12.1. The molecule has 7 heteroatoms. The quantitative estimate of drug-likeness (QED) is 0.579. The van der Waals surface area contributed by atoms with Gasteiger partial charge in [-0.05, 0) is 41.7 Å². The van der Waals surface area contributed by atoms with E-state index in [-0.39, 0.29) is 10.3 Å². The third-order valence-electron chi connectivity index (χ3n) is 2.74. The van der Waals surface area contributed by atoms with Crippen LogP contribution in [0.5, 0.6) is 0 Å². The van der Waals surface area contributed by atoms with Crippen molar-refractivity contribution in [3.63, 3.8) is 0 Å². The Hall–Kier alpha value is -1.30. The first kappa shape index (κ1) is 13.7. The van der Waals surface area contributed by atoms with Crippen LogP contribution in [0, 0.1) is 11.6 Å². The third-order valence-corrected chi connectivity index (χ3v) is 4.24. The molecule has 3 rings (SSSR count). The lowest BCUT2D eigenvalue weighted by molar-refractivity contribution is 0.623. The summed E-state index contributed by atoms with van der Waals surface area (Å²) in [5, 5.41) is 0.0954. The molecule has 0 radical (unpaired) electrons. The predicted octanol–water partition coefficient (Wildman–Crippen LogP) is 5.12. The van der Waals surface area contributed by atoms with Gasteiger partial charge in [0.2, 0.25) is 5.29 Å². The van der Waals surface area contributed by atoms with Crippen molar-refractivity contribution in [3.8, 4) is 11.1 Å². The predicted molar refractivity (Wildman–Crippen MR) is 78.7 cm³/mol. The second kappa shape index (κ2) is 5.24. The first-order valence-corrected chi connectivity index (χ1v) is 7.08. The summed E-state index contributed by atoms with van der Waals surface area (Å²) >= 11 is 12.9. The zero-order valence-electron chi connectivity index (χ0n) is 9.75. The average Bonchev–Trinajstić information content (AvgIpc) is 2.42. The number of aliphatic imine (C=N–C) groups is 1. The van der Waals surface area contributed by atoms with Crippen molar-refractivity contribution < 1.29 is 8.78 Å². The van der Waals surface area contributed by atoms with Crippen LogP contribution in [0.2, 0.25) is 5.02 Å². The van der Waals surface area contributed by atoms with E-state index in [4.69, 9.17) is 23.2 Å². The Balaban J connectivity index is 2.30. The van der Waals surface area contributed by atoms with Crippen molar-refractivity contribution >= 4 is 46.1 Å². The lowest BCUT2D eigenvalue weighted by atomic mass is 10.0. The minimum absolute atomic E-state index is 0.0739. The lowest BCUT2D eigenvalue weighted by Crippen LogP contribution is -2.12. The molecule has 0 bridgehead atoms. The molecule has 0 fully saturated rings. The molecule has 0 saturated heterocycles. The van der Waals surface area contributed by atoms with Crippen molar-refractivity contribution in [1.82, 2.24) is 4.72 Å². The molecule has 1 aliphatic rings. The van der Waals surface area contributed by atoms with E-state index >= 15 is 0 Å². The summed E-state index contributed by atoms with van der Waals surface area (Å²) in [4.78, 5) is 4.70. The molecule has 1 N–H and O–H groups in total. The van der Waals surface area contributed by atoms with Gasteiger partial charge in [0.05, 0.1) is 15.6 Å². The maximum absolute atomic E-state index is 13.7. The molecular formula is C13H6Cl2F2N2S. The van der Waals surface area contributed by atoms with Gasteiger partial charge < -0.3 is 4.72 Å². The molecular weight excluding hydrogens is 325 g/mol. The van der Waals surface area contributed by atoms with Crippen LogP contribution in [0.1, 0.15) is 0 Å². The second-order valence-corrected chi connectivity index (χ2v) is 5.59. The first-order chi connectivity index (χ1) is 9.56. The lowest BCUT2D eigenvalue weighted by Gasteiger charge is -2.17. The number of benzene rings is 2. The highest BCUT2D eigenvalue weighted by Crippen LogP contribution is 2.43. The topological polar surface area (TPSA) is 24.4 Å². The minimum Gasteiger partial charge on any atom is -0.300 e. The van der Waals surface area contributed by atoms with E-state index < -0.39 is 11.6 Å². The molecule has 2 aromatic rings. The number of fused-ring (bicyclic) bond motifs is 1. The Morgan fingerprint density at radius 2 is 1.90 bits per heavy atom. The van der Waals surface area contributed by atoms with E-state index in [1.807, 2.05) is 0 Å². The maximum Gasteiger partial charge on any atom is 0.206 e. The molecule has 0 spiro atoms. The van der Waals surface area contributed by atoms with E-state index in [0.717, 1.165) is 11.9 Å². The maximum atomic E-state index is 13.7. The largest absolute Gasteiger partial charge is 0.300 e. The Kier molecular flexibility index (Phi) is 3.58. The van der Waals surface area contributed by atoms with Crippen molar-refractivity contribution in [1.29, 1.82) is 0 Å². The van der Waals surface area contributed by atoms with Crippen LogP contribution in [-0.2, 0) is 0 Å². The number of rotatable bonds is 1. The Morgan fingerprint density at radius 3 is 2.70 bits per heavy atom. The normalized spacial score (nSPS) is 13.5. The van der Waals surface area contributed by atoms with Crippen LogP contribution in [0.3, 0.4) is 0 Å². The molecule has 2 aromatic carbocycles. The van der Waals surface area contributed by atoms with Gasteiger partial charge in [-0.1, -0.05) is 23.7 Å². The van der Waals surface area contributed by atoms with Crippen molar-refractivity contribution in [3.05, 3.63) is 47.0 Å². The van der Waals surface area contributed by atoms with Crippen molar-refractivity contribution in [2.75, 3.05) is 0 Å². The number of amidine groups is 1. The number of hydrogen-bond donors (Lipinski definition) is 1. The van der Waals surface area contributed by atoms with Crippen LogP contribution < -0.4 is 4.72 Å². The molecule has 0 aromatic heterocycles. The van der Waals surface area contributed by atoms with Gasteiger partial charge in [0.1, 0.15) is 11.6 Å². The monoisotopic (exact) mass is 330 g/mol. The second-order valence-electron chi connectivity index (χ2n) is 4.01. The van der Waals surface area contributed by atoms with Crippen LogP contribution in [0.15, 0.2) is 40.2 Å². The van der Waals surface area contributed by atoms with Gasteiger partial charge in [-0.15, -0.1) is 0 Å². The Morgan fingerprint density at radius 1 is 1.10 bits per heavy atom. The summed E-state index contributed by atoms with van der Waals surface area (Å²) in [6.45, 7) is 0. The first-order valence-electron chi connectivity index (χ1n) is 5.51. The van der Waals surface area contributed by atoms with Crippen LogP contribution in [0.25, 0.3) is 11.1 Å². The Bertz CT molecular complexity index is 735. The highest BCUT2D eigenvalue weighted by molar-refractivity contribution is 7.98. The van der Waals surface area contributed by atoms with Crippen molar-refractivity contribution in [2.45, 2.75) is 4.90 Å². The van der Waals surface area contributed by atoms with Gasteiger partial charge >= 0.3 is 0 Å². The van der Waals surface area contributed by atoms with E-state index in [2.05, 4.69) is 9.71 Å². The highest BCUT2D eigenvalue weighted by Gasteiger charge is 2.20. The fourth-order valence-corrected chi connectivity index (χ4v) is 2.99. The fraction of sp³-hybridized carbons (Fsp3) is 0. The summed E-state index contributed by atoms with van der Waals surface area (Å²) < 4.78 is 30.0. The van der Waals surface area contributed by atoms with E-state index in [9.17, 15) is 8.78 Å². The van der Waals surface area contributed by atoms with Gasteiger partial charge in [-0.2, -0.15) is 0 Å². The molecule has 0 unspecified atom stereocenters. The van der Waals surface area contributed by atoms with Gasteiger partial charge in [0, 0.05) is 11.1 Å². The average molecular weight is 331 g/mol. The number of hydrogen-bond acceptors (Lipinski definition) is 3. The van der Waals surface area contributed by atoms with Crippen LogP contribution in [0.4, 0.5) is 14.5 Å². The minimum atomic E-state index is -0.571.